The third-order valence-corrected chi connectivity index (χ3v) is 3.99. The maximum Gasteiger partial charge on any atom is 0.251 e. The van der Waals surface area contributed by atoms with Gasteiger partial charge in [0, 0.05) is 32.2 Å². The minimum atomic E-state index is -0.0319. The minimum Gasteiger partial charge on any atom is -0.352 e. The van der Waals surface area contributed by atoms with Gasteiger partial charge in [0.15, 0.2) is 5.96 Å². The number of aliphatic imine (C=N–C) groups is 1. The Labute approximate surface area is 179 Å². The molecule has 0 bridgehead atoms. The van der Waals surface area contributed by atoms with E-state index in [1.807, 2.05) is 31.2 Å². The van der Waals surface area contributed by atoms with Gasteiger partial charge >= 0.3 is 0 Å². The van der Waals surface area contributed by atoms with Crippen LogP contribution in [0.15, 0.2) is 53.5 Å². The molecule has 0 aliphatic rings. The number of rotatable bonds is 7. The molecule has 0 aliphatic heterocycles. The van der Waals surface area contributed by atoms with Crippen LogP contribution in [0.1, 0.15) is 40.4 Å². The summed E-state index contributed by atoms with van der Waals surface area (Å²) in [5.74, 6) is 0.696. The number of benzene rings is 2. The van der Waals surface area contributed by atoms with E-state index in [9.17, 15) is 4.79 Å². The molecule has 0 atom stereocenters. The van der Waals surface area contributed by atoms with E-state index in [-0.39, 0.29) is 29.9 Å². The number of halogens is 1. The third kappa shape index (κ3) is 7.99. The number of carbonyl (C=O) groups excluding carboxylic acids is 1. The van der Waals surface area contributed by atoms with Crippen molar-refractivity contribution in [1.82, 2.24) is 16.0 Å². The van der Waals surface area contributed by atoms with Crippen molar-refractivity contribution < 1.29 is 4.79 Å². The number of hydrogen-bond donors (Lipinski definition) is 3. The molecule has 3 N–H and O–H groups in total. The summed E-state index contributed by atoms with van der Waals surface area (Å²) in [6.07, 6.45) is 0.927. The lowest BCUT2D eigenvalue weighted by Crippen LogP contribution is -2.36. The van der Waals surface area contributed by atoms with Crippen molar-refractivity contribution in [1.29, 1.82) is 0 Å². The first kappa shape index (κ1) is 23.0. The highest BCUT2D eigenvalue weighted by atomic mass is 127. The summed E-state index contributed by atoms with van der Waals surface area (Å²) in [5, 5.41) is 9.48. The van der Waals surface area contributed by atoms with Crippen LogP contribution in [-0.2, 0) is 13.1 Å². The number of amides is 1. The van der Waals surface area contributed by atoms with Crippen molar-refractivity contribution in [2.75, 3.05) is 13.6 Å². The fourth-order valence-electron chi connectivity index (χ4n) is 2.46. The summed E-state index contributed by atoms with van der Waals surface area (Å²) < 4.78 is 0. The fourth-order valence-corrected chi connectivity index (χ4v) is 2.46. The Hall–Kier alpha value is -2.09. The molecule has 0 aromatic heterocycles. The zero-order valence-electron chi connectivity index (χ0n) is 16.2. The van der Waals surface area contributed by atoms with Gasteiger partial charge in [-0.2, -0.15) is 0 Å². The van der Waals surface area contributed by atoms with Crippen LogP contribution in [-0.4, -0.2) is 25.5 Å². The van der Waals surface area contributed by atoms with Crippen LogP contribution in [0.3, 0.4) is 0 Å². The topological polar surface area (TPSA) is 65.5 Å². The zero-order valence-corrected chi connectivity index (χ0v) is 18.5. The Morgan fingerprint density at radius 2 is 1.63 bits per heavy atom. The van der Waals surface area contributed by atoms with Gasteiger partial charge < -0.3 is 16.0 Å². The number of nitrogens with zero attached hydrogens (tertiary/aromatic N) is 1. The van der Waals surface area contributed by atoms with Crippen LogP contribution in [0.5, 0.6) is 0 Å². The highest BCUT2D eigenvalue weighted by Crippen LogP contribution is 2.06. The van der Waals surface area contributed by atoms with Crippen LogP contribution in [0.4, 0.5) is 0 Å². The molecule has 0 saturated carbocycles. The van der Waals surface area contributed by atoms with Gasteiger partial charge in [-0.1, -0.05) is 48.9 Å². The lowest BCUT2D eigenvalue weighted by Gasteiger charge is -2.13. The van der Waals surface area contributed by atoms with E-state index in [4.69, 9.17) is 0 Å². The van der Waals surface area contributed by atoms with E-state index in [2.05, 4.69) is 52.1 Å². The van der Waals surface area contributed by atoms with Crippen molar-refractivity contribution in [3.8, 4) is 0 Å². The summed E-state index contributed by atoms with van der Waals surface area (Å²) >= 11 is 0. The van der Waals surface area contributed by atoms with E-state index >= 15 is 0 Å². The van der Waals surface area contributed by atoms with Gasteiger partial charge in [-0.05, 0) is 36.6 Å². The van der Waals surface area contributed by atoms with Crippen molar-refractivity contribution in [3.63, 3.8) is 0 Å². The Kier molecular flexibility index (Phi) is 10.5. The monoisotopic (exact) mass is 480 g/mol. The Balaban J connectivity index is 0.00000364. The second-order valence-electron chi connectivity index (χ2n) is 6.22. The van der Waals surface area contributed by atoms with Gasteiger partial charge in [-0.3, -0.25) is 9.79 Å². The van der Waals surface area contributed by atoms with E-state index < -0.39 is 0 Å². The first-order valence-electron chi connectivity index (χ1n) is 8.99. The second-order valence-corrected chi connectivity index (χ2v) is 6.22. The standard InChI is InChI=1S/C21H28N4O.HI/c1-4-12-23-20(26)19-7-5-6-18(13-19)15-25-21(22-3)24-14-17-10-8-16(2)9-11-17;/h5-11,13H,4,12,14-15H2,1-3H3,(H,23,26)(H2,22,24,25);1H. The molecule has 5 nitrogen and oxygen atoms in total. The van der Waals surface area contributed by atoms with Crippen LogP contribution in [0.2, 0.25) is 0 Å². The van der Waals surface area contributed by atoms with Crippen LogP contribution >= 0.6 is 24.0 Å². The van der Waals surface area contributed by atoms with Gasteiger partial charge in [0.1, 0.15) is 0 Å². The van der Waals surface area contributed by atoms with E-state index in [1.54, 1.807) is 7.05 Å². The van der Waals surface area contributed by atoms with Crippen LogP contribution in [0, 0.1) is 6.92 Å². The highest BCUT2D eigenvalue weighted by Gasteiger charge is 2.06. The number of aryl methyl sites for hydroxylation is 1. The summed E-state index contributed by atoms with van der Waals surface area (Å²) in [5.41, 5.74) is 4.17. The molecular formula is C21H29IN4O. The van der Waals surface area contributed by atoms with Crippen molar-refractivity contribution in [2.24, 2.45) is 4.99 Å². The van der Waals surface area contributed by atoms with Crippen molar-refractivity contribution in [3.05, 3.63) is 70.8 Å². The molecule has 0 saturated heterocycles. The molecule has 0 fully saturated rings. The van der Waals surface area contributed by atoms with Crippen LogP contribution < -0.4 is 16.0 Å². The first-order valence-corrected chi connectivity index (χ1v) is 8.99. The van der Waals surface area contributed by atoms with E-state index in [0.29, 0.717) is 25.2 Å². The molecule has 2 rings (SSSR count). The average Bonchev–Trinajstić information content (AvgIpc) is 2.67. The quantitative estimate of drug-likeness (QED) is 0.322. The van der Waals surface area contributed by atoms with E-state index in [0.717, 1.165) is 17.9 Å². The summed E-state index contributed by atoms with van der Waals surface area (Å²) in [6.45, 7) is 6.11. The molecule has 2 aromatic rings. The van der Waals surface area contributed by atoms with Crippen LogP contribution in [0.25, 0.3) is 0 Å². The molecule has 6 heteroatoms. The summed E-state index contributed by atoms with van der Waals surface area (Å²) in [4.78, 5) is 16.3. The highest BCUT2D eigenvalue weighted by molar-refractivity contribution is 14.0. The first-order chi connectivity index (χ1) is 12.6. The van der Waals surface area contributed by atoms with Crippen molar-refractivity contribution in [2.45, 2.75) is 33.4 Å². The molecule has 1 amide bonds. The molecule has 146 valence electrons. The molecular weight excluding hydrogens is 451 g/mol. The lowest BCUT2D eigenvalue weighted by molar-refractivity contribution is 0.0953. The smallest absolute Gasteiger partial charge is 0.251 e. The number of carbonyl (C=O) groups is 1. The lowest BCUT2D eigenvalue weighted by atomic mass is 10.1. The Morgan fingerprint density at radius 3 is 2.26 bits per heavy atom. The predicted octanol–water partition coefficient (Wildman–Crippen LogP) is 3.62. The maximum atomic E-state index is 12.1. The summed E-state index contributed by atoms with van der Waals surface area (Å²) in [7, 11) is 1.75. The number of hydrogen-bond acceptors (Lipinski definition) is 2. The molecule has 0 aliphatic carbocycles. The maximum absolute atomic E-state index is 12.1. The normalized spacial score (nSPS) is 10.7. The van der Waals surface area contributed by atoms with Gasteiger partial charge in [-0.25, -0.2) is 0 Å². The van der Waals surface area contributed by atoms with Gasteiger partial charge in [0.25, 0.3) is 5.91 Å². The third-order valence-electron chi connectivity index (χ3n) is 3.99. The van der Waals surface area contributed by atoms with Gasteiger partial charge in [0.05, 0.1) is 0 Å². The fraction of sp³-hybridized carbons (Fsp3) is 0.333. The second kappa shape index (κ2) is 12.3. The van der Waals surface area contributed by atoms with Gasteiger partial charge in [0.2, 0.25) is 0 Å². The Morgan fingerprint density at radius 1 is 0.963 bits per heavy atom. The molecule has 27 heavy (non-hydrogen) atoms. The number of guanidine groups is 1. The SMILES string of the molecule is CCCNC(=O)c1cccc(CNC(=NC)NCc2ccc(C)cc2)c1.I. The van der Waals surface area contributed by atoms with E-state index in [1.165, 1.54) is 11.1 Å². The largest absolute Gasteiger partial charge is 0.352 e. The van der Waals surface area contributed by atoms with Gasteiger partial charge in [-0.15, -0.1) is 24.0 Å². The number of nitrogens with one attached hydrogen (secondary N) is 3. The molecule has 0 spiro atoms. The molecule has 2 aromatic carbocycles. The average molecular weight is 480 g/mol. The predicted molar refractivity (Wildman–Crippen MR) is 123 cm³/mol. The van der Waals surface area contributed by atoms with Crippen molar-refractivity contribution >= 4 is 35.8 Å². The minimum absolute atomic E-state index is 0. The molecule has 0 heterocycles. The Bertz CT molecular complexity index is 744. The zero-order chi connectivity index (χ0) is 18.8. The molecule has 0 radical (unpaired) electrons. The molecule has 0 unspecified atom stereocenters. The summed E-state index contributed by atoms with van der Waals surface area (Å²) in [6, 6.07) is 16.0.